The SMILES string of the molecule is CCCCOC(=O)C(C)(CCOCc1cccc(C)c1)C(=N)C(=O)O. The number of ether oxygens (including phenoxy) is 2. The van der Waals surface area contributed by atoms with E-state index in [1.54, 1.807) is 0 Å². The monoisotopic (exact) mass is 349 g/mol. The number of aryl methyl sites for hydroxylation is 1. The molecule has 0 saturated carbocycles. The van der Waals surface area contributed by atoms with Crippen LogP contribution in [0, 0.1) is 17.7 Å². The van der Waals surface area contributed by atoms with Gasteiger partial charge in [0.1, 0.15) is 11.1 Å². The van der Waals surface area contributed by atoms with Gasteiger partial charge in [-0.25, -0.2) is 4.79 Å². The molecule has 0 bridgehead atoms. The van der Waals surface area contributed by atoms with Gasteiger partial charge in [-0.15, -0.1) is 0 Å². The molecule has 25 heavy (non-hydrogen) atoms. The lowest BCUT2D eigenvalue weighted by Crippen LogP contribution is -2.42. The van der Waals surface area contributed by atoms with Crippen LogP contribution in [0.2, 0.25) is 0 Å². The van der Waals surface area contributed by atoms with Crippen LogP contribution in [0.4, 0.5) is 0 Å². The van der Waals surface area contributed by atoms with Crippen LogP contribution in [0.3, 0.4) is 0 Å². The van der Waals surface area contributed by atoms with E-state index in [1.165, 1.54) is 6.92 Å². The van der Waals surface area contributed by atoms with Crippen molar-refractivity contribution in [1.82, 2.24) is 0 Å². The van der Waals surface area contributed by atoms with E-state index in [-0.39, 0.29) is 19.6 Å². The van der Waals surface area contributed by atoms with Gasteiger partial charge in [0, 0.05) is 6.61 Å². The van der Waals surface area contributed by atoms with Gasteiger partial charge < -0.3 is 14.6 Å². The number of carboxylic acid groups (broad SMARTS) is 1. The van der Waals surface area contributed by atoms with E-state index in [0.29, 0.717) is 13.0 Å². The van der Waals surface area contributed by atoms with Gasteiger partial charge in [0.2, 0.25) is 0 Å². The predicted molar refractivity (Wildman–Crippen MR) is 94.8 cm³/mol. The summed E-state index contributed by atoms with van der Waals surface area (Å²) in [6.45, 7) is 6.12. The maximum absolute atomic E-state index is 12.3. The molecule has 1 aromatic carbocycles. The molecule has 0 radical (unpaired) electrons. The lowest BCUT2D eigenvalue weighted by atomic mass is 9.81. The molecule has 0 spiro atoms. The van der Waals surface area contributed by atoms with Crippen LogP contribution in [0.25, 0.3) is 0 Å². The number of unbranched alkanes of at least 4 members (excludes halogenated alkanes) is 1. The lowest BCUT2D eigenvalue weighted by Gasteiger charge is -2.26. The second-order valence-corrected chi connectivity index (χ2v) is 6.29. The van der Waals surface area contributed by atoms with Crippen LogP contribution in [0.5, 0.6) is 0 Å². The van der Waals surface area contributed by atoms with Gasteiger partial charge in [0.25, 0.3) is 0 Å². The minimum atomic E-state index is -1.52. The molecular formula is C19H27NO5. The van der Waals surface area contributed by atoms with E-state index in [2.05, 4.69) is 0 Å². The Morgan fingerprint density at radius 1 is 1.28 bits per heavy atom. The topological polar surface area (TPSA) is 96.7 Å². The minimum Gasteiger partial charge on any atom is -0.477 e. The second-order valence-electron chi connectivity index (χ2n) is 6.29. The van der Waals surface area contributed by atoms with Crippen LogP contribution in [-0.2, 0) is 25.7 Å². The number of carbonyl (C=O) groups is 2. The second kappa shape index (κ2) is 9.93. The number of carbonyl (C=O) groups excluding carboxylic acids is 1. The highest BCUT2D eigenvalue weighted by molar-refractivity contribution is 6.40. The maximum atomic E-state index is 12.3. The van der Waals surface area contributed by atoms with Gasteiger partial charge in [0.05, 0.1) is 13.2 Å². The number of aliphatic carboxylic acids is 1. The quantitative estimate of drug-likeness (QED) is 0.363. The normalized spacial score (nSPS) is 13.1. The van der Waals surface area contributed by atoms with Crippen molar-refractivity contribution in [2.24, 2.45) is 5.41 Å². The number of esters is 1. The zero-order chi connectivity index (χ0) is 18.9. The van der Waals surface area contributed by atoms with E-state index >= 15 is 0 Å². The van der Waals surface area contributed by atoms with Gasteiger partial charge in [-0.2, -0.15) is 0 Å². The average Bonchev–Trinajstić information content (AvgIpc) is 2.57. The summed E-state index contributed by atoms with van der Waals surface area (Å²) in [7, 11) is 0. The molecule has 1 rings (SSSR count). The van der Waals surface area contributed by atoms with Crippen molar-refractivity contribution in [2.75, 3.05) is 13.2 Å². The van der Waals surface area contributed by atoms with Crippen LogP contribution in [-0.4, -0.2) is 36.0 Å². The Hall–Kier alpha value is -2.21. The Bertz CT molecular complexity index is 614. The standard InChI is InChI=1S/C19H27NO5/c1-4-5-10-25-18(23)19(3,16(20)17(21)22)9-11-24-13-15-8-6-7-14(2)12-15/h6-8,12,20H,4-5,9-11,13H2,1-3H3,(H,21,22). The van der Waals surface area contributed by atoms with E-state index in [0.717, 1.165) is 17.5 Å². The molecule has 1 unspecified atom stereocenters. The van der Waals surface area contributed by atoms with Crippen molar-refractivity contribution in [3.63, 3.8) is 0 Å². The first-order valence-corrected chi connectivity index (χ1v) is 8.44. The number of benzene rings is 1. The first kappa shape index (κ1) is 20.8. The van der Waals surface area contributed by atoms with E-state index < -0.39 is 23.1 Å². The highest BCUT2D eigenvalue weighted by Gasteiger charge is 2.42. The molecule has 2 N–H and O–H groups in total. The first-order valence-electron chi connectivity index (χ1n) is 8.44. The molecule has 0 aliphatic rings. The predicted octanol–water partition coefficient (Wildman–Crippen LogP) is 3.36. The Balaban J connectivity index is 2.65. The molecular weight excluding hydrogens is 322 g/mol. The fourth-order valence-corrected chi connectivity index (χ4v) is 2.30. The third kappa shape index (κ3) is 6.31. The van der Waals surface area contributed by atoms with Crippen LogP contribution < -0.4 is 0 Å². The Kier molecular flexibility index (Phi) is 8.28. The van der Waals surface area contributed by atoms with Crippen molar-refractivity contribution in [3.8, 4) is 0 Å². The molecule has 0 saturated heterocycles. The number of carboxylic acids is 1. The Morgan fingerprint density at radius 2 is 2.00 bits per heavy atom. The summed E-state index contributed by atoms with van der Waals surface area (Å²) in [5, 5.41) is 16.9. The van der Waals surface area contributed by atoms with Gasteiger partial charge in [-0.1, -0.05) is 43.2 Å². The van der Waals surface area contributed by atoms with E-state index in [1.807, 2.05) is 38.1 Å². The highest BCUT2D eigenvalue weighted by atomic mass is 16.5. The van der Waals surface area contributed by atoms with Gasteiger partial charge in [0.15, 0.2) is 0 Å². The fourth-order valence-electron chi connectivity index (χ4n) is 2.30. The molecule has 1 aromatic rings. The van der Waals surface area contributed by atoms with Crippen LogP contribution >= 0.6 is 0 Å². The molecule has 0 aromatic heterocycles. The lowest BCUT2D eigenvalue weighted by molar-refractivity contribution is -0.153. The largest absolute Gasteiger partial charge is 0.477 e. The molecule has 0 amide bonds. The molecule has 6 heteroatoms. The number of rotatable bonds is 11. The highest BCUT2D eigenvalue weighted by Crippen LogP contribution is 2.26. The van der Waals surface area contributed by atoms with Crippen molar-refractivity contribution in [1.29, 1.82) is 5.41 Å². The zero-order valence-corrected chi connectivity index (χ0v) is 15.1. The summed E-state index contributed by atoms with van der Waals surface area (Å²) in [4.78, 5) is 23.5. The number of hydrogen-bond acceptors (Lipinski definition) is 5. The van der Waals surface area contributed by atoms with Crippen molar-refractivity contribution in [3.05, 3.63) is 35.4 Å². The fraction of sp³-hybridized carbons (Fsp3) is 0.526. The van der Waals surface area contributed by atoms with Crippen LogP contribution in [0.15, 0.2) is 24.3 Å². The van der Waals surface area contributed by atoms with Crippen molar-refractivity contribution in [2.45, 2.75) is 46.6 Å². The Morgan fingerprint density at radius 3 is 2.60 bits per heavy atom. The molecule has 0 heterocycles. The molecule has 0 fully saturated rings. The van der Waals surface area contributed by atoms with Gasteiger partial charge >= 0.3 is 11.9 Å². The molecule has 6 nitrogen and oxygen atoms in total. The molecule has 0 aliphatic carbocycles. The molecule has 138 valence electrons. The minimum absolute atomic E-state index is 0.0783. The summed E-state index contributed by atoms with van der Waals surface area (Å²) < 4.78 is 10.7. The van der Waals surface area contributed by atoms with E-state index in [9.17, 15) is 9.59 Å². The number of hydrogen-bond donors (Lipinski definition) is 2. The smallest absolute Gasteiger partial charge is 0.350 e. The summed E-state index contributed by atoms with van der Waals surface area (Å²) in [6, 6.07) is 7.85. The summed E-state index contributed by atoms with van der Waals surface area (Å²) >= 11 is 0. The summed E-state index contributed by atoms with van der Waals surface area (Å²) in [6.07, 6.45) is 1.64. The van der Waals surface area contributed by atoms with Crippen molar-refractivity contribution >= 4 is 17.7 Å². The molecule has 0 aliphatic heterocycles. The Labute approximate surface area is 148 Å². The van der Waals surface area contributed by atoms with Crippen molar-refractivity contribution < 1.29 is 24.2 Å². The van der Waals surface area contributed by atoms with Gasteiger partial charge in [-0.05, 0) is 32.3 Å². The summed E-state index contributed by atoms with van der Waals surface area (Å²) in [5.41, 5.74) is -0.0709. The molecule has 1 atom stereocenters. The summed E-state index contributed by atoms with van der Waals surface area (Å²) in [5.74, 6) is -2.11. The third-order valence-electron chi connectivity index (χ3n) is 4.04. The first-order chi connectivity index (χ1) is 11.8. The zero-order valence-electron chi connectivity index (χ0n) is 15.1. The average molecular weight is 349 g/mol. The van der Waals surface area contributed by atoms with Gasteiger partial charge in [-0.3, -0.25) is 10.2 Å². The van der Waals surface area contributed by atoms with Crippen LogP contribution in [0.1, 0.15) is 44.2 Å². The number of nitrogens with one attached hydrogen (secondary N) is 1. The third-order valence-corrected chi connectivity index (χ3v) is 4.04. The van der Waals surface area contributed by atoms with E-state index in [4.69, 9.17) is 20.0 Å². The maximum Gasteiger partial charge on any atom is 0.350 e.